The van der Waals surface area contributed by atoms with Gasteiger partial charge in [-0.15, -0.1) is 0 Å². The molecule has 0 aromatic heterocycles. The van der Waals surface area contributed by atoms with Gasteiger partial charge >= 0.3 is 0 Å². The van der Waals surface area contributed by atoms with Crippen LogP contribution in [0.15, 0.2) is 29.3 Å². The van der Waals surface area contributed by atoms with Gasteiger partial charge in [-0.05, 0) is 32.9 Å². The van der Waals surface area contributed by atoms with Crippen molar-refractivity contribution in [3.8, 4) is 11.5 Å². The molecule has 1 N–H and O–H groups in total. The van der Waals surface area contributed by atoms with Crippen LogP contribution in [0.2, 0.25) is 0 Å². The average molecular weight is 384 g/mol. The highest BCUT2D eigenvalue weighted by Gasteiger charge is 2.40. The Kier molecular flexibility index (Phi) is 6.39. The predicted molar refractivity (Wildman–Crippen MR) is 104 cm³/mol. The number of sulfone groups is 1. The Labute approximate surface area is 156 Å². The van der Waals surface area contributed by atoms with Crippen LogP contribution < -0.4 is 14.8 Å². The molecule has 0 saturated carbocycles. The second-order valence-electron chi connectivity index (χ2n) is 7.01. The van der Waals surface area contributed by atoms with Gasteiger partial charge in [-0.25, -0.2) is 8.42 Å². The van der Waals surface area contributed by atoms with Crippen molar-refractivity contribution in [2.75, 3.05) is 39.5 Å². The molecule has 1 aromatic carbocycles. The van der Waals surface area contributed by atoms with Crippen LogP contribution in [-0.4, -0.2) is 69.7 Å². The summed E-state index contributed by atoms with van der Waals surface area (Å²) in [7, 11) is 0.230. The van der Waals surface area contributed by atoms with Crippen molar-refractivity contribution in [1.82, 2.24) is 10.2 Å². The molecule has 0 radical (unpaired) electrons. The van der Waals surface area contributed by atoms with Gasteiger partial charge in [0, 0.05) is 20.1 Å². The molecule has 1 fully saturated rings. The van der Waals surface area contributed by atoms with Crippen molar-refractivity contribution < 1.29 is 17.9 Å². The van der Waals surface area contributed by atoms with E-state index in [9.17, 15) is 8.42 Å². The summed E-state index contributed by atoms with van der Waals surface area (Å²) in [6, 6.07) is 7.50. The van der Waals surface area contributed by atoms with Gasteiger partial charge in [0.2, 0.25) is 0 Å². The first-order valence-corrected chi connectivity index (χ1v) is 10.3. The molecule has 0 spiro atoms. The Morgan fingerprint density at radius 1 is 1.35 bits per heavy atom. The largest absolute Gasteiger partial charge is 0.493 e. The molecule has 146 valence electrons. The Morgan fingerprint density at radius 3 is 2.58 bits per heavy atom. The second kappa shape index (κ2) is 8.16. The number of para-hydroxylation sites is 2. The lowest BCUT2D eigenvalue weighted by molar-refractivity contribution is 0.211. The third kappa shape index (κ3) is 4.60. The van der Waals surface area contributed by atoms with Gasteiger partial charge in [0.1, 0.15) is 6.10 Å². The SMILES string of the molecule is CN=C(NCC(C)Oc1ccccc1OC)N1CCS(=O)(=O)C(C)(C)C1. The highest BCUT2D eigenvalue weighted by Crippen LogP contribution is 2.27. The lowest BCUT2D eigenvalue weighted by Crippen LogP contribution is -2.57. The molecule has 8 heteroatoms. The summed E-state index contributed by atoms with van der Waals surface area (Å²) in [4.78, 5) is 6.28. The van der Waals surface area contributed by atoms with E-state index >= 15 is 0 Å². The minimum atomic E-state index is -3.08. The van der Waals surface area contributed by atoms with E-state index in [1.807, 2.05) is 36.1 Å². The number of hydrogen-bond acceptors (Lipinski definition) is 5. The minimum Gasteiger partial charge on any atom is -0.493 e. The molecule has 2 rings (SSSR count). The fourth-order valence-corrected chi connectivity index (χ4v) is 4.23. The van der Waals surface area contributed by atoms with Crippen molar-refractivity contribution in [2.45, 2.75) is 31.6 Å². The summed E-state index contributed by atoms with van der Waals surface area (Å²) in [6.45, 7) is 6.86. The summed E-state index contributed by atoms with van der Waals surface area (Å²) in [6.07, 6.45) is -0.121. The zero-order valence-corrected chi connectivity index (χ0v) is 17.0. The molecule has 0 bridgehead atoms. The maximum absolute atomic E-state index is 12.2. The molecule has 1 unspecified atom stereocenters. The number of aliphatic imine (C=N–C) groups is 1. The molecule has 1 atom stereocenters. The number of hydrogen-bond donors (Lipinski definition) is 1. The van der Waals surface area contributed by atoms with Gasteiger partial charge in [0.05, 0.1) is 24.2 Å². The Balaban J connectivity index is 1.95. The van der Waals surface area contributed by atoms with E-state index in [4.69, 9.17) is 9.47 Å². The maximum atomic E-state index is 12.2. The molecule has 1 heterocycles. The number of rotatable bonds is 5. The standard InChI is InChI=1S/C18H29N3O4S/c1-14(25-16-9-7-6-8-15(16)24-5)12-20-17(19-4)21-10-11-26(22,23)18(2,3)13-21/h6-9,14H,10-13H2,1-5H3,(H,19,20). The summed E-state index contributed by atoms with van der Waals surface area (Å²) in [5, 5.41) is 3.28. The Bertz CT molecular complexity index is 747. The second-order valence-corrected chi connectivity index (χ2v) is 9.75. The van der Waals surface area contributed by atoms with E-state index in [-0.39, 0.29) is 11.9 Å². The van der Waals surface area contributed by atoms with E-state index in [0.717, 1.165) is 0 Å². The first-order valence-electron chi connectivity index (χ1n) is 8.68. The van der Waals surface area contributed by atoms with E-state index in [1.165, 1.54) is 0 Å². The number of ether oxygens (including phenoxy) is 2. The van der Waals surface area contributed by atoms with Gasteiger partial charge in [-0.3, -0.25) is 4.99 Å². The molecule has 0 aliphatic carbocycles. The smallest absolute Gasteiger partial charge is 0.193 e. The first kappa shape index (κ1) is 20.4. The molecule has 7 nitrogen and oxygen atoms in total. The van der Waals surface area contributed by atoms with E-state index in [2.05, 4.69) is 10.3 Å². The van der Waals surface area contributed by atoms with Gasteiger partial charge in [0.25, 0.3) is 0 Å². The summed E-state index contributed by atoms with van der Waals surface area (Å²) >= 11 is 0. The van der Waals surface area contributed by atoms with Crippen LogP contribution in [0.1, 0.15) is 20.8 Å². The zero-order valence-electron chi connectivity index (χ0n) is 16.2. The van der Waals surface area contributed by atoms with Gasteiger partial charge in [-0.2, -0.15) is 0 Å². The van der Waals surface area contributed by atoms with E-state index in [1.54, 1.807) is 28.0 Å². The fraction of sp³-hybridized carbons (Fsp3) is 0.611. The first-order chi connectivity index (χ1) is 12.2. The van der Waals surface area contributed by atoms with E-state index in [0.29, 0.717) is 37.1 Å². The third-order valence-corrected chi connectivity index (χ3v) is 7.03. The Hall–Kier alpha value is -1.96. The van der Waals surface area contributed by atoms with Crippen molar-refractivity contribution in [3.63, 3.8) is 0 Å². The quantitative estimate of drug-likeness (QED) is 0.614. The third-order valence-electron chi connectivity index (χ3n) is 4.50. The molecular formula is C18H29N3O4S. The predicted octanol–water partition coefficient (Wildman–Crippen LogP) is 1.55. The molecular weight excluding hydrogens is 354 g/mol. The van der Waals surface area contributed by atoms with Crippen LogP contribution in [0.4, 0.5) is 0 Å². The molecule has 0 amide bonds. The van der Waals surface area contributed by atoms with Crippen LogP contribution >= 0.6 is 0 Å². The number of methoxy groups -OCH3 is 1. The lowest BCUT2D eigenvalue weighted by Gasteiger charge is -2.39. The monoisotopic (exact) mass is 383 g/mol. The normalized spacial score (nSPS) is 20.3. The van der Waals surface area contributed by atoms with Crippen LogP contribution in [0.5, 0.6) is 11.5 Å². The topological polar surface area (TPSA) is 80.2 Å². The number of guanidine groups is 1. The van der Waals surface area contributed by atoms with Gasteiger partial charge in [-0.1, -0.05) is 12.1 Å². The van der Waals surface area contributed by atoms with Crippen LogP contribution in [0.25, 0.3) is 0 Å². The zero-order chi connectivity index (χ0) is 19.4. The van der Waals surface area contributed by atoms with Crippen LogP contribution in [0.3, 0.4) is 0 Å². The molecule has 1 aliphatic rings. The lowest BCUT2D eigenvalue weighted by atomic mass is 10.2. The minimum absolute atomic E-state index is 0.121. The molecule has 1 saturated heterocycles. The van der Waals surface area contributed by atoms with E-state index < -0.39 is 14.6 Å². The van der Waals surface area contributed by atoms with Crippen molar-refractivity contribution in [2.24, 2.45) is 4.99 Å². The molecule has 26 heavy (non-hydrogen) atoms. The number of benzene rings is 1. The maximum Gasteiger partial charge on any atom is 0.193 e. The highest BCUT2D eigenvalue weighted by atomic mass is 32.2. The van der Waals surface area contributed by atoms with Gasteiger partial charge < -0.3 is 19.7 Å². The summed E-state index contributed by atoms with van der Waals surface area (Å²) < 4.78 is 34.8. The Morgan fingerprint density at radius 2 is 2.00 bits per heavy atom. The molecule has 1 aliphatic heterocycles. The van der Waals surface area contributed by atoms with Crippen molar-refractivity contribution in [1.29, 1.82) is 0 Å². The van der Waals surface area contributed by atoms with Gasteiger partial charge in [0.15, 0.2) is 27.3 Å². The fourth-order valence-electron chi connectivity index (χ4n) is 2.87. The highest BCUT2D eigenvalue weighted by molar-refractivity contribution is 7.92. The summed E-state index contributed by atoms with van der Waals surface area (Å²) in [5.41, 5.74) is 0. The average Bonchev–Trinajstić information content (AvgIpc) is 2.59. The van der Waals surface area contributed by atoms with Crippen molar-refractivity contribution >= 4 is 15.8 Å². The van der Waals surface area contributed by atoms with Crippen LogP contribution in [-0.2, 0) is 9.84 Å². The number of nitrogens with zero attached hydrogens (tertiary/aromatic N) is 2. The number of nitrogens with one attached hydrogen (secondary N) is 1. The van der Waals surface area contributed by atoms with Crippen LogP contribution in [0, 0.1) is 0 Å². The molecule has 1 aromatic rings. The summed E-state index contributed by atoms with van der Waals surface area (Å²) in [5.74, 6) is 2.19. The van der Waals surface area contributed by atoms with Crippen molar-refractivity contribution in [3.05, 3.63) is 24.3 Å².